The van der Waals surface area contributed by atoms with Crippen LogP contribution < -0.4 is 10.6 Å². The molecule has 0 amide bonds. The highest BCUT2D eigenvalue weighted by molar-refractivity contribution is 5.60. The van der Waals surface area contributed by atoms with Gasteiger partial charge in [-0.3, -0.25) is 0 Å². The number of nitrogens with zero attached hydrogens (tertiary/aromatic N) is 2. The molecule has 0 saturated heterocycles. The Bertz CT molecular complexity index is 880. The molecule has 1 aliphatic heterocycles. The average molecular weight is 334 g/mol. The molecular weight excluding hydrogens is 315 g/mol. The van der Waals surface area contributed by atoms with E-state index in [9.17, 15) is 4.39 Å². The first kappa shape index (κ1) is 15.7. The molecule has 2 aromatic carbocycles. The quantitative estimate of drug-likeness (QED) is 0.766. The van der Waals surface area contributed by atoms with Crippen LogP contribution in [0.5, 0.6) is 0 Å². The molecule has 0 atom stereocenters. The zero-order chi connectivity index (χ0) is 17.1. The summed E-state index contributed by atoms with van der Waals surface area (Å²) in [5.74, 6) is 1.33. The third-order valence-corrected chi connectivity index (χ3v) is 4.32. The molecule has 0 radical (unpaired) electrons. The predicted octanol–water partition coefficient (Wildman–Crippen LogP) is 3.54. The van der Waals surface area contributed by atoms with Crippen LogP contribution in [-0.2, 0) is 19.5 Å². The minimum absolute atomic E-state index is 0.224. The molecule has 2 N–H and O–H groups in total. The van der Waals surface area contributed by atoms with Gasteiger partial charge in [-0.25, -0.2) is 14.4 Å². The van der Waals surface area contributed by atoms with E-state index in [-0.39, 0.29) is 5.82 Å². The third-order valence-electron chi connectivity index (χ3n) is 4.32. The lowest BCUT2D eigenvalue weighted by atomic mass is 10.1. The Hall–Kier alpha value is -2.79. The van der Waals surface area contributed by atoms with Crippen LogP contribution in [0.3, 0.4) is 0 Å². The maximum atomic E-state index is 13.4. The van der Waals surface area contributed by atoms with Gasteiger partial charge in [0.05, 0.1) is 5.69 Å². The zero-order valence-corrected chi connectivity index (χ0v) is 13.8. The first-order valence-corrected chi connectivity index (χ1v) is 8.44. The predicted molar refractivity (Wildman–Crippen MR) is 96.6 cm³/mol. The van der Waals surface area contributed by atoms with E-state index in [4.69, 9.17) is 9.97 Å². The van der Waals surface area contributed by atoms with Gasteiger partial charge in [-0.1, -0.05) is 42.5 Å². The Morgan fingerprint density at radius 1 is 1.04 bits per heavy atom. The maximum Gasteiger partial charge on any atom is 0.161 e. The van der Waals surface area contributed by atoms with Crippen LogP contribution in [0.2, 0.25) is 0 Å². The molecular formula is C20H19FN4. The van der Waals surface area contributed by atoms with E-state index in [0.717, 1.165) is 47.7 Å². The lowest BCUT2D eigenvalue weighted by Crippen LogP contribution is -2.26. The number of nitrogens with one attached hydrogen (secondary N) is 2. The summed E-state index contributed by atoms with van der Waals surface area (Å²) in [5.41, 5.74) is 4.06. The number of rotatable bonds is 4. The number of benzene rings is 2. The van der Waals surface area contributed by atoms with Crippen molar-refractivity contribution in [2.75, 3.05) is 11.9 Å². The van der Waals surface area contributed by atoms with E-state index in [0.29, 0.717) is 12.4 Å². The Morgan fingerprint density at radius 2 is 1.92 bits per heavy atom. The number of halogens is 1. The van der Waals surface area contributed by atoms with Crippen molar-refractivity contribution in [3.63, 3.8) is 0 Å². The van der Waals surface area contributed by atoms with Crippen molar-refractivity contribution in [1.82, 2.24) is 15.3 Å². The van der Waals surface area contributed by atoms with Gasteiger partial charge in [-0.2, -0.15) is 0 Å². The molecule has 5 heteroatoms. The van der Waals surface area contributed by atoms with Crippen LogP contribution >= 0.6 is 0 Å². The molecule has 0 aliphatic carbocycles. The molecule has 0 fully saturated rings. The molecule has 126 valence electrons. The first-order chi connectivity index (χ1) is 12.3. The zero-order valence-electron chi connectivity index (χ0n) is 13.8. The van der Waals surface area contributed by atoms with Crippen molar-refractivity contribution < 1.29 is 4.39 Å². The lowest BCUT2D eigenvalue weighted by molar-refractivity contribution is 0.623. The van der Waals surface area contributed by atoms with E-state index in [1.54, 1.807) is 12.1 Å². The van der Waals surface area contributed by atoms with Gasteiger partial charge in [-0.15, -0.1) is 0 Å². The van der Waals surface area contributed by atoms with E-state index >= 15 is 0 Å². The van der Waals surface area contributed by atoms with Gasteiger partial charge < -0.3 is 10.6 Å². The molecule has 4 rings (SSSR count). The summed E-state index contributed by atoms with van der Waals surface area (Å²) in [7, 11) is 0. The van der Waals surface area contributed by atoms with Gasteiger partial charge in [-0.05, 0) is 30.7 Å². The Labute approximate surface area is 146 Å². The second kappa shape index (κ2) is 6.99. The third kappa shape index (κ3) is 3.51. The average Bonchev–Trinajstić information content (AvgIpc) is 2.66. The SMILES string of the molecule is Fc1cccc(CNc2nc(-c3ccccc3)nc3c2CCNC3)c1. The largest absolute Gasteiger partial charge is 0.366 e. The summed E-state index contributed by atoms with van der Waals surface area (Å²) >= 11 is 0. The van der Waals surface area contributed by atoms with Crippen molar-refractivity contribution in [1.29, 1.82) is 0 Å². The van der Waals surface area contributed by atoms with E-state index in [2.05, 4.69) is 10.6 Å². The van der Waals surface area contributed by atoms with Crippen LogP contribution in [0.15, 0.2) is 54.6 Å². The van der Waals surface area contributed by atoms with Crippen LogP contribution in [0, 0.1) is 5.82 Å². The topological polar surface area (TPSA) is 49.8 Å². The summed E-state index contributed by atoms with van der Waals surface area (Å²) < 4.78 is 13.4. The standard InChI is InChI=1S/C20H19FN4/c21-16-8-4-5-14(11-16)12-23-20-17-9-10-22-13-18(17)24-19(25-20)15-6-2-1-3-7-15/h1-8,11,22H,9-10,12-13H2,(H,23,24,25). The Kier molecular flexibility index (Phi) is 4.39. The summed E-state index contributed by atoms with van der Waals surface area (Å²) in [4.78, 5) is 9.49. The van der Waals surface area contributed by atoms with Gasteiger partial charge >= 0.3 is 0 Å². The highest BCUT2D eigenvalue weighted by atomic mass is 19.1. The smallest absolute Gasteiger partial charge is 0.161 e. The highest BCUT2D eigenvalue weighted by Crippen LogP contribution is 2.25. The Morgan fingerprint density at radius 3 is 2.76 bits per heavy atom. The highest BCUT2D eigenvalue weighted by Gasteiger charge is 2.18. The lowest BCUT2D eigenvalue weighted by Gasteiger charge is -2.21. The summed E-state index contributed by atoms with van der Waals surface area (Å²) in [6, 6.07) is 16.6. The van der Waals surface area contributed by atoms with Crippen molar-refractivity contribution in [3.8, 4) is 11.4 Å². The van der Waals surface area contributed by atoms with Gasteiger partial charge in [0.2, 0.25) is 0 Å². The molecule has 25 heavy (non-hydrogen) atoms. The second-order valence-electron chi connectivity index (χ2n) is 6.10. The van der Waals surface area contributed by atoms with E-state index < -0.39 is 0 Å². The van der Waals surface area contributed by atoms with E-state index in [1.165, 1.54) is 6.07 Å². The van der Waals surface area contributed by atoms with Gasteiger partial charge in [0.15, 0.2) is 5.82 Å². The molecule has 2 heterocycles. The number of hydrogen-bond acceptors (Lipinski definition) is 4. The summed E-state index contributed by atoms with van der Waals surface area (Å²) in [5, 5.41) is 6.74. The molecule has 0 bridgehead atoms. The monoisotopic (exact) mass is 334 g/mol. The van der Waals surface area contributed by atoms with Gasteiger partial charge in [0.25, 0.3) is 0 Å². The van der Waals surface area contributed by atoms with Crippen LogP contribution in [-0.4, -0.2) is 16.5 Å². The van der Waals surface area contributed by atoms with Crippen LogP contribution in [0.25, 0.3) is 11.4 Å². The first-order valence-electron chi connectivity index (χ1n) is 8.44. The molecule has 3 aromatic rings. The van der Waals surface area contributed by atoms with Crippen molar-refractivity contribution in [2.24, 2.45) is 0 Å². The molecule has 0 spiro atoms. The Balaban J connectivity index is 1.67. The number of anilines is 1. The summed E-state index contributed by atoms with van der Waals surface area (Å²) in [6.07, 6.45) is 0.885. The number of fused-ring (bicyclic) bond motifs is 1. The molecule has 0 unspecified atom stereocenters. The van der Waals surface area contributed by atoms with Crippen LogP contribution in [0.4, 0.5) is 10.2 Å². The fourth-order valence-corrected chi connectivity index (χ4v) is 3.05. The molecule has 0 saturated carbocycles. The van der Waals surface area contributed by atoms with Crippen molar-refractivity contribution >= 4 is 5.82 Å². The van der Waals surface area contributed by atoms with Crippen molar-refractivity contribution in [3.05, 3.63) is 77.2 Å². The van der Waals surface area contributed by atoms with Gasteiger partial charge in [0.1, 0.15) is 11.6 Å². The van der Waals surface area contributed by atoms with Crippen molar-refractivity contribution in [2.45, 2.75) is 19.5 Å². The normalized spacial score (nSPS) is 13.3. The fourth-order valence-electron chi connectivity index (χ4n) is 3.05. The minimum Gasteiger partial charge on any atom is -0.366 e. The minimum atomic E-state index is -0.224. The summed E-state index contributed by atoms with van der Waals surface area (Å²) in [6.45, 7) is 2.19. The van der Waals surface area contributed by atoms with E-state index in [1.807, 2.05) is 36.4 Å². The van der Waals surface area contributed by atoms with Gasteiger partial charge in [0, 0.05) is 24.2 Å². The molecule has 1 aromatic heterocycles. The molecule has 1 aliphatic rings. The second-order valence-corrected chi connectivity index (χ2v) is 6.10. The number of aromatic nitrogens is 2. The maximum absolute atomic E-state index is 13.4. The van der Waals surface area contributed by atoms with Crippen LogP contribution in [0.1, 0.15) is 16.8 Å². The number of hydrogen-bond donors (Lipinski definition) is 2. The fraction of sp³-hybridized carbons (Fsp3) is 0.200. The molecule has 4 nitrogen and oxygen atoms in total.